The largest absolute Gasteiger partial charge is 0.497 e. The second-order valence-electron chi connectivity index (χ2n) is 7.88. The number of hydrogen-bond donors (Lipinski definition) is 1. The van der Waals surface area contributed by atoms with Crippen LogP contribution in [0.5, 0.6) is 5.75 Å². The lowest BCUT2D eigenvalue weighted by Crippen LogP contribution is -2.46. The molecule has 0 aliphatic heterocycles. The first kappa shape index (κ1) is 22.1. The highest BCUT2D eigenvalue weighted by molar-refractivity contribution is 6.31. The Morgan fingerprint density at radius 2 is 1.77 bits per heavy atom. The molecule has 1 aromatic heterocycles. The van der Waals surface area contributed by atoms with Crippen LogP contribution in [0.4, 0.5) is 4.39 Å². The Balaban J connectivity index is 2.27. The third-order valence-corrected chi connectivity index (χ3v) is 5.79. The number of hydrogen-bond acceptors (Lipinski definition) is 4. The van der Waals surface area contributed by atoms with Crippen molar-refractivity contribution in [3.8, 4) is 5.75 Å². The van der Waals surface area contributed by atoms with Crippen LogP contribution >= 0.6 is 11.6 Å². The first-order valence-electron chi connectivity index (χ1n) is 9.53. The lowest BCUT2D eigenvalue weighted by Gasteiger charge is -2.29. The summed E-state index contributed by atoms with van der Waals surface area (Å²) in [7, 11) is 1.54. The van der Waals surface area contributed by atoms with E-state index in [0.29, 0.717) is 11.3 Å². The molecule has 30 heavy (non-hydrogen) atoms. The summed E-state index contributed by atoms with van der Waals surface area (Å²) in [5.74, 6) is -0.435. The Labute approximate surface area is 178 Å². The van der Waals surface area contributed by atoms with E-state index < -0.39 is 22.7 Å². The summed E-state index contributed by atoms with van der Waals surface area (Å²) in [5.41, 5.74) is -2.16. The molecule has 3 aromatic rings. The fourth-order valence-electron chi connectivity index (χ4n) is 3.15. The van der Waals surface area contributed by atoms with Gasteiger partial charge in [0.25, 0.3) is 5.56 Å². The van der Waals surface area contributed by atoms with Crippen molar-refractivity contribution in [2.75, 3.05) is 7.11 Å². The second kappa shape index (κ2) is 8.24. The first-order chi connectivity index (χ1) is 14.1. The van der Waals surface area contributed by atoms with Crippen molar-refractivity contribution < 1.29 is 14.2 Å². The molecular formula is C22H24ClFN2O4. The standard InChI is InChI=1S/C22H24ClFN2O4/c1-13(2)22(3,29)12-26-19-16(9-10-17(23)18(19)24)20(27)25(21(26)28)11-14-5-7-15(30-4)8-6-14/h5-10,13,29H,11-12H2,1-4H3. The lowest BCUT2D eigenvalue weighted by atomic mass is 9.92. The van der Waals surface area contributed by atoms with Crippen LogP contribution in [0.3, 0.4) is 0 Å². The molecule has 1 heterocycles. The Hall–Kier alpha value is -2.64. The second-order valence-corrected chi connectivity index (χ2v) is 8.28. The van der Waals surface area contributed by atoms with E-state index in [9.17, 15) is 19.1 Å². The predicted molar refractivity (Wildman–Crippen MR) is 115 cm³/mol. The van der Waals surface area contributed by atoms with Crippen molar-refractivity contribution in [3.63, 3.8) is 0 Å². The van der Waals surface area contributed by atoms with Gasteiger partial charge in [-0.3, -0.25) is 13.9 Å². The highest BCUT2D eigenvalue weighted by atomic mass is 35.5. The van der Waals surface area contributed by atoms with Gasteiger partial charge >= 0.3 is 5.69 Å². The zero-order valence-electron chi connectivity index (χ0n) is 17.3. The van der Waals surface area contributed by atoms with Gasteiger partial charge in [-0.15, -0.1) is 0 Å². The molecule has 2 aromatic carbocycles. The van der Waals surface area contributed by atoms with E-state index in [1.807, 2.05) is 0 Å². The fraction of sp³-hybridized carbons (Fsp3) is 0.364. The number of nitrogens with zero attached hydrogens (tertiary/aromatic N) is 2. The molecule has 0 saturated heterocycles. The van der Waals surface area contributed by atoms with Crippen molar-refractivity contribution in [1.82, 2.24) is 9.13 Å². The molecule has 3 rings (SSSR count). The molecule has 160 valence electrons. The van der Waals surface area contributed by atoms with Gasteiger partial charge in [-0.05, 0) is 42.7 Å². The summed E-state index contributed by atoms with van der Waals surface area (Å²) in [5, 5.41) is 10.6. The van der Waals surface area contributed by atoms with Crippen molar-refractivity contribution in [3.05, 3.63) is 73.6 Å². The number of methoxy groups -OCH3 is 1. The highest BCUT2D eigenvalue weighted by Crippen LogP contribution is 2.25. The van der Waals surface area contributed by atoms with E-state index in [1.165, 1.54) is 12.1 Å². The van der Waals surface area contributed by atoms with Crippen molar-refractivity contribution in [1.29, 1.82) is 0 Å². The molecular weight excluding hydrogens is 411 g/mol. The summed E-state index contributed by atoms with van der Waals surface area (Å²) >= 11 is 5.92. The van der Waals surface area contributed by atoms with Gasteiger partial charge < -0.3 is 9.84 Å². The van der Waals surface area contributed by atoms with Crippen LogP contribution < -0.4 is 16.0 Å². The van der Waals surface area contributed by atoms with E-state index in [-0.39, 0.29) is 34.9 Å². The van der Waals surface area contributed by atoms with Crippen LogP contribution in [0.1, 0.15) is 26.3 Å². The molecule has 0 amide bonds. The Bertz CT molecular complexity index is 1200. The minimum Gasteiger partial charge on any atom is -0.497 e. The first-order valence-corrected chi connectivity index (χ1v) is 9.91. The maximum Gasteiger partial charge on any atom is 0.331 e. The molecule has 0 aliphatic rings. The monoisotopic (exact) mass is 434 g/mol. The highest BCUT2D eigenvalue weighted by Gasteiger charge is 2.29. The summed E-state index contributed by atoms with van der Waals surface area (Å²) < 4.78 is 22.2. The van der Waals surface area contributed by atoms with Gasteiger partial charge in [0.2, 0.25) is 0 Å². The zero-order valence-corrected chi connectivity index (χ0v) is 18.0. The molecule has 0 aliphatic carbocycles. The third-order valence-electron chi connectivity index (χ3n) is 5.50. The Morgan fingerprint density at radius 3 is 2.33 bits per heavy atom. The Kier molecular flexibility index (Phi) is 6.06. The summed E-state index contributed by atoms with van der Waals surface area (Å²) in [6, 6.07) is 9.62. The molecule has 1 atom stereocenters. The number of aliphatic hydroxyl groups is 1. The van der Waals surface area contributed by atoms with Crippen molar-refractivity contribution >= 4 is 22.5 Å². The smallest absolute Gasteiger partial charge is 0.331 e. The lowest BCUT2D eigenvalue weighted by molar-refractivity contribution is -0.00313. The van der Waals surface area contributed by atoms with E-state index in [4.69, 9.17) is 16.3 Å². The molecule has 8 heteroatoms. The normalized spacial score (nSPS) is 13.6. The number of ether oxygens (including phenoxy) is 1. The van der Waals surface area contributed by atoms with Crippen LogP contribution in [-0.4, -0.2) is 27.0 Å². The number of benzene rings is 2. The summed E-state index contributed by atoms with van der Waals surface area (Å²) in [4.78, 5) is 26.3. The quantitative estimate of drug-likeness (QED) is 0.645. The summed E-state index contributed by atoms with van der Waals surface area (Å²) in [6.07, 6.45) is 0. The van der Waals surface area contributed by atoms with Crippen molar-refractivity contribution in [2.24, 2.45) is 5.92 Å². The molecule has 0 fully saturated rings. The van der Waals surface area contributed by atoms with Gasteiger partial charge in [0.05, 0.1) is 41.7 Å². The number of fused-ring (bicyclic) bond motifs is 1. The van der Waals surface area contributed by atoms with Crippen LogP contribution in [-0.2, 0) is 13.1 Å². The van der Waals surface area contributed by atoms with E-state index >= 15 is 0 Å². The zero-order chi connectivity index (χ0) is 22.2. The number of rotatable bonds is 6. The van der Waals surface area contributed by atoms with E-state index in [1.54, 1.807) is 52.1 Å². The molecule has 0 bridgehead atoms. The minimum atomic E-state index is -1.31. The average Bonchev–Trinajstić information content (AvgIpc) is 2.71. The van der Waals surface area contributed by atoms with Gasteiger partial charge in [-0.2, -0.15) is 0 Å². The average molecular weight is 435 g/mol. The van der Waals surface area contributed by atoms with E-state index in [2.05, 4.69) is 0 Å². The van der Waals surface area contributed by atoms with Gasteiger partial charge in [-0.25, -0.2) is 9.18 Å². The number of aromatic nitrogens is 2. The van der Waals surface area contributed by atoms with E-state index in [0.717, 1.165) is 9.13 Å². The SMILES string of the molecule is COc1ccc(Cn2c(=O)c3ccc(Cl)c(F)c3n(CC(C)(O)C(C)C)c2=O)cc1. The van der Waals surface area contributed by atoms with Crippen LogP contribution in [0.25, 0.3) is 10.9 Å². The predicted octanol–water partition coefficient (Wildman–Crippen LogP) is 3.42. The van der Waals surface area contributed by atoms with Crippen LogP contribution in [0, 0.1) is 11.7 Å². The topological polar surface area (TPSA) is 73.5 Å². The fourth-order valence-corrected chi connectivity index (χ4v) is 3.30. The van der Waals surface area contributed by atoms with Gasteiger partial charge in [0.1, 0.15) is 5.75 Å². The van der Waals surface area contributed by atoms with Crippen LogP contribution in [0.2, 0.25) is 5.02 Å². The van der Waals surface area contributed by atoms with Crippen LogP contribution in [0.15, 0.2) is 46.0 Å². The van der Waals surface area contributed by atoms with Gasteiger partial charge in [-0.1, -0.05) is 37.6 Å². The number of halogens is 2. The van der Waals surface area contributed by atoms with Gasteiger partial charge in [0.15, 0.2) is 5.82 Å². The maximum absolute atomic E-state index is 14.9. The summed E-state index contributed by atoms with van der Waals surface area (Å²) in [6.45, 7) is 4.96. The molecule has 1 N–H and O–H groups in total. The molecule has 0 radical (unpaired) electrons. The molecule has 0 saturated carbocycles. The molecule has 1 unspecified atom stereocenters. The van der Waals surface area contributed by atoms with Crippen molar-refractivity contribution in [2.45, 2.75) is 39.5 Å². The maximum atomic E-state index is 14.9. The molecule has 0 spiro atoms. The third kappa shape index (κ3) is 4.00. The minimum absolute atomic E-state index is 0.00827. The molecule has 6 nitrogen and oxygen atoms in total. The van der Waals surface area contributed by atoms with Gasteiger partial charge in [0, 0.05) is 0 Å². The Morgan fingerprint density at radius 1 is 1.13 bits per heavy atom.